The van der Waals surface area contributed by atoms with Crippen molar-refractivity contribution in [1.29, 1.82) is 0 Å². The maximum Gasteiger partial charge on any atom is 0.252 e. The molecule has 1 rings (SSSR count). The van der Waals surface area contributed by atoms with Gasteiger partial charge in [-0.15, -0.1) is 0 Å². The number of carbonyl (C=O) groups is 1. The van der Waals surface area contributed by atoms with E-state index in [4.69, 9.17) is 20.9 Å². The van der Waals surface area contributed by atoms with Crippen LogP contribution in [0.15, 0.2) is 18.2 Å². The van der Waals surface area contributed by atoms with Crippen molar-refractivity contribution < 1.29 is 14.3 Å². The number of carbonyl (C=O) groups excluding carboxylic acids is 1. The molecule has 5 heteroatoms. The second kappa shape index (κ2) is 5.37. The maximum atomic E-state index is 11.1. The summed E-state index contributed by atoms with van der Waals surface area (Å²) in [5, 5.41) is 0. The third-order valence-electron chi connectivity index (χ3n) is 2.18. The zero-order chi connectivity index (χ0) is 12.1. The molecule has 0 saturated carbocycles. The fraction of sp³-hybridized carbons (Fsp3) is 0.364. The monoisotopic (exact) mass is 224 g/mol. The van der Waals surface area contributed by atoms with Gasteiger partial charge in [-0.25, -0.2) is 0 Å². The number of hydrogen-bond acceptors (Lipinski definition) is 4. The van der Waals surface area contributed by atoms with Gasteiger partial charge in [0.2, 0.25) is 0 Å². The normalized spacial score (nSPS) is 12.1. The lowest BCUT2D eigenvalue weighted by Gasteiger charge is -2.15. The molecule has 1 aromatic carbocycles. The van der Waals surface area contributed by atoms with Gasteiger partial charge in [0.25, 0.3) is 5.91 Å². The first kappa shape index (κ1) is 12.3. The molecule has 0 aromatic heterocycles. The molecule has 0 spiro atoms. The van der Waals surface area contributed by atoms with Crippen LogP contribution < -0.4 is 16.2 Å². The second-order valence-corrected chi connectivity index (χ2v) is 3.45. The van der Waals surface area contributed by atoms with Gasteiger partial charge in [0.05, 0.1) is 17.4 Å². The lowest BCUT2D eigenvalue weighted by atomic mass is 10.1. The Bertz CT molecular complexity index is 379. The summed E-state index contributed by atoms with van der Waals surface area (Å²) in [6, 6.07) is 4.88. The van der Waals surface area contributed by atoms with Gasteiger partial charge in [0.15, 0.2) is 5.75 Å². The van der Waals surface area contributed by atoms with E-state index in [-0.39, 0.29) is 11.7 Å². The number of primary amides is 1. The highest BCUT2D eigenvalue weighted by atomic mass is 16.5. The van der Waals surface area contributed by atoms with Crippen molar-refractivity contribution in [3.63, 3.8) is 0 Å². The Morgan fingerprint density at radius 2 is 2.19 bits per heavy atom. The molecule has 1 amide bonds. The van der Waals surface area contributed by atoms with Crippen LogP contribution in [-0.2, 0) is 4.74 Å². The van der Waals surface area contributed by atoms with Crippen molar-refractivity contribution in [2.45, 2.75) is 13.0 Å². The minimum Gasteiger partial charge on any atom is -0.488 e. The molecule has 1 aromatic rings. The summed E-state index contributed by atoms with van der Waals surface area (Å²) in [4.78, 5) is 11.1. The Labute approximate surface area is 94.3 Å². The molecule has 0 aliphatic carbocycles. The average molecular weight is 224 g/mol. The topological polar surface area (TPSA) is 87.6 Å². The molecule has 88 valence electrons. The molecule has 0 aliphatic rings. The van der Waals surface area contributed by atoms with Crippen molar-refractivity contribution in [3.05, 3.63) is 23.8 Å². The fourth-order valence-electron chi connectivity index (χ4n) is 1.18. The number of rotatable bonds is 5. The molecule has 5 nitrogen and oxygen atoms in total. The van der Waals surface area contributed by atoms with E-state index >= 15 is 0 Å². The minimum absolute atomic E-state index is 0.0830. The zero-order valence-electron chi connectivity index (χ0n) is 9.40. The molecular weight excluding hydrogens is 208 g/mol. The number of nitrogen functional groups attached to an aromatic ring is 1. The molecule has 16 heavy (non-hydrogen) atoms. The van der Waals surface area contributed by atoms with Crippen LogP contribution in [0.5, 0.6) is 5.75 Å². The van der Waals surface area contributed by atoms with E-state index in [2.05, 4.69) is 0 Å². The van der Waals surface area contributed by atoms with E-state index in [0.717, 1.165) is 0 Å². The smallest absolute Gasteiger partial charge is 0.252 e. The third-order valence-corrected chi connectivity index (χ3v) is 2.18. The number of hydrogen-bond donors (Lipinski definition) is 2. The van der Waals surface area contributed by atoms with Gasteiger partial charge in [0, 0.05) is 7.11 Å². The lowest BCUT2D eigenvalue weighted by Crippen LogP contribution is -2.19. The molecule has 0 radical (unpaired) electrons. The highest BCUT2D eigenvalue weighted by Crippen LogP contribution is 2.26. The van der Waals surface area contributed by atoms with Gasteiger partial charge in [0.1, 0.15) is 6.61 Å². The summed E-state index contributed by atoms with van der Waals surface area (Å²) in [5.74, 6) is -0.244. The first-order valence-electron chi connectivity index (χ1n) is 4.90. The first-order chi connectivity index (χ1) is 7.56. The van der Waals surface area contributed by atoms with E-state index in [1.807, 2.05) is 6.92 Å². The van der Waals surface area contributed by atoms with Crippen LogP contribution in [0, 0.1) is 0 Å². The van der Waals surface area contributed by atoms with Crippen LogP contribution in [0.4, 0.5) is 5.69 Å². The Kier molecular flexibility index (Phi) is 4.13. The summed E-state index contributed by atoms with van der Waals surface area (Å²) in [7, 11) is 1.58. The molecule has 0 bridgehead atoms. The van der Waals surface area contributed by atoms with Gasteiger partial charge in [-0.05, 0) is 19.1 Å². The minimum atomic E-state index is -0.563. The number of anilines is 1. The summed E-state index contributed by atoms with van der Waals surface area (Å²) in [6.45, 7) is 2.16. The predicted molar refractivity (Wildman–Crippen MR) is 61.3 cm³/mol. The van der Waals surface area contributed by atoms with Crippen LogP contribution >= 0.6 is 0 Å². The van der Waals surface area contributed by atoms with E-state index < -0.39 is 5.91 Å². The van der Waals surface area contributed by atoms with Gasteiger partial charge in [-0.3, -0.25) is 4.79 Å². The standard InChI is InChI=1S/C11H16N2O3/c1-7(15-2)6-16-10-8(11(13)14)4-3-5-9(10)12/h3-5,7H,6,12H2,1-2H3,(H2,13,14). The summed E-state index contributed by atoms with van der Waals surface area (Å²) < 4.78 is 10.5. The van der Waals surface area contributed by atoms with Crippen LogP contribution in [-0.4, -0.2) is 25.7 Å². The van der Waals surface area contributed by atoms with Crippen molar-refractivity contribution in [1.82, 2.24) is 0 Å². The largest absolute Gasteiger partial charge is 0.488 e. The van der Waals surface area contributed by atoms with E-state index in [0.29, 0.717) is 18.0 Å². The number of nitrogens with two attached hydrogens (primary N) is 2. The molecule has 0 aliphatic heterocycles. The van der Waals surface area contributed by atoms with E-state index in [1.165, 1.54) is 0 Å². The van der Waals surface area contributed by atoms with Crippen molar-refractivity contribution in [2.24, 2.45) is 5.73 Å². The zero-order valence-corrected chi connectivity index (χ0v) is 9.40. The molecular formula is C11H16N2O3. The summed E-state index contributed by atoms with van der Waals surface area (Å²) in [6.07, 6.45) is -0.0830. The summed E-state index contributed by atoms with van der Waals surface area (Å²) >= 11 is 0. The van der Waals surface area contributed by atoms with Crippen molar-refractivity contribution >= 4 is 11.6 Å². The van der Waals surface area contributed by atoms with E-state index in [1.54, 1.807) is 25.3 Å². The highest BCUT2D eigenvalue weighted by molar-refractivity contribution is 5.97. The van der Waals surface area contributed by atoms with Crippen LogP contribution in [0.3, 0.4) is 0 Å². The molecule has 0 fully saturated rings. The SMILES string of the molecule is COC(C)COc1c(N)cccc1C(N)=O. The van der Waals surface area contributed by atoms with Crippen LogP contribution in [0.2, 0.25) is 0 Å². The fourth-order valence-corrected chi connectivity index (χ4v) is 1.18. The Hall–Kier alpha value is -1.75. The number of ether oxygens (including phenoxy) is 2. The number of para-hydroxylation sites is 1. The first-order valence-corrected chi connectivity index (χ1v) is 4.90. The van der Waals surface area contributed by atoms with Gasteiger partial charge in [-0.1, -0.05) is 6.07 Å². The molecule has 1 atom stereocenters. The second-order valence-electron chi connectivity index (χ2n) is 3.45. The van der Waals surface area contributed by atoms with E-state index in [9.17, 15) is 4.79 Å². The number of benzene rings is 1. The number of amides is 1. The maximum absolute atomic E-state index is 11.1. The highest BCUT2D eigenvalue weighted by Gasteiger charge is 2.13. The quantitative estimate of drug-likeness (QED) is 0.723. The Morgan fingerprint density at radius 3 is 2.75 bits per heavy atom. The van der Waals surface area contributed by atoms with Crippen molar-refractivity contribution in [3.8, 4) is 5.75 Å². The molecule has 0 heterocycles. The molecule has 4 N–H and O–H groups in total. The average Bonchev–Trinajstić information content (AvgIpc) is 2.26. The Morgan fingerprint density at radius 1 is 1.50 bits per heavy atom. The number of methoxy groups -OCH3 is 1. The van der Waals surface area contributed by atoms with Gasteiger partial charge >= 0.3 is 0 Å². The Balaban J connectivity index is 2.88. The molecule has 0 saturated heterocycles. The van der Waals surface area contributed by atoms with Crippen LogP contribution in [0.1, 0.15) is 17.3 Å². The third kappa shape index (κ3) is 2.87. The van der Waals surface area contributed by atoms with Gasteiger partial charge < -0.3 is 20.9 Å². The summed E-state index contributed by atoms with van der Waals surface area (Å²) in [5.41, 5.74) is 11.6. The van der Waals surface area contributed by atoms with Crippen molar-refractivity contribution in [2.75, 3.05) is 19.5 Å². The van der Waals surface area contributed by atoms with Gasteiger partial charge in [-0.2, -0.15) is 0 Å². The van der Waals surface area contributed by atoms with Crippen LogP contribution in [0.25, 0.3) is 0 Å². The predicted octanol–water partition coefficient (Wildman–Crippen LogP) is 0.781. The molecule has 1 unspecified atom stereocenters. The lowest BCUT2D eigenvalue weighted by molar-refractivity contribution is 0.0711.